The molecule has 0 radical (unpaired) electrons. The van der Waals surface area contributed by atoms with Gasteiger partial charge in [0.1, 0.15) is 11.5 Å². The third-order valence-electron chi connectivity index (χ3n) is 4.04. The van der Waals surface area contributed by atoms with Crippen LogP contribution in [-0.4, -0.2) is 18.6 Å². The van der Waals surface area contributed by atoms with Gasteiger partial charge in [-0.15, -0.1) is 0 Å². The van der Waals surface area contributed by atoms with Gasteiger partial charge in [0.05, 0.1) is 6.10 Å². The molecular formula is C19H19F2NO3. The van der Waals surface area contributed by atoms with Gasteiger partial charge in [-0.25, -0.2) is 0 Å². The lowest BCUT2D eigenvalue weighted by Gasteiger charge is -2.13. The van der Waals surface area contributed by atoms with Crippen LogP contribution in [0, 0.1) is 0 Å². The van der Waals surface area contributed by atoms with Crippen LogP contribution in [0.1, 0.15) is 36.0 Å². The van der Waals surface area contributed by atoms with Crippen LogP contribution in [0.5, 0.6) is 11.5 Å². The monoisotopic (exact) mass is 347 g/mol. The van der Waals surface area contributed by atoms with E-state index in [-0.39, 0.29) is 17.4 Å². The summed E-state index contributed by atoms with van der Waals surface area (Å²) in [5.74, 6) is 0.323. The number of rotatable bonds is 6. The Morgan fingerprint density at radius 3 is 2.44 bits per heavy atom. The van der Waals surface area contributed by atoms with Gasteiger partial charge in [-0.3, -0.25) is 4.79 Å². The van der Waals surface area contributed by atoms with Gasteiger partial charge in [-0.2, -0.15) is 8.78 Å². The smallest absolute Gasteiger partial charge is 0.387 e. The number of nitrogens with one attached hydrogen (secondary N) is 1. The first-order valence-electron chi connectivity index (χ1n) is 8.23. The molecule has 0 spiro atoms. The topological polar surface area (TPSA) is 47.6 Å². The van der Waals surface area contributed by atoms with Crippen LogP contribution in [-0.2, 0) is 0 Å². The van der Waals surface area contributed by atoms with Crippen LogP contribution in [0.15, 0.2) is 48.5 Å². The maximum atomic E-state index is 12.2. The van der Waals surface area contributed by atoms with Crippen LogP contribution in [0.2, 0.25) is 0 Å². The normalized spacial score (nSPS) is 14.5. The number of amides is 1. The molecule has 25 heavy (non-hydrogen) atoms. The van der Waals surface area contributed by atoms with Crippen molar-refractivity contribution >= 4 is 11.6 Å². The van der Waals surface area contributed by atoms with E-state index in [1.807, 2.05) is 12.1 Å². The summed E-state index contributed by atoms with van der Waals surface area (Å²) in [6.45, 7) is -2.93. The van der Waals surface area contributed by atoms with E-state index < -0.39 is 12.5 Å². The molecule has 1 aliphatic carbocycles. The average molecular weight is 347 g/mol. The molecule has 2 aromatic rings. The predicted molar refractivity (Wildman–Crippen MR) is 90.4 cm³/mol. The minimum atomic E-state index is -2.93. The largest absolute Gasteiger partial charge is 0.490 e. The molecule has 1 saturated carbocycles. The van der Waals surface area contributed by atoms with Crippen molar-refractivity contribution in [2.24, 2.45) is 0 Å². The van der Waals surface area contributed by atoms with E-state index >= 15 is 0 Å². The van der Waals surface area contributed by atoms with Gasteiger partial charge in [-0.1, -0.05) is 6.07 Å². The van der Waals surface area contributed by atoms with Crippen molar-refractivity contribution in [1.29, 1.82) is 0 Å². The third kappa shape index (κ3) is 4.92. The zero-order valence-electron chi connectivity index (χ0n) is 13.6. The van der Waals surface area contributed by atoms with Crippen molar-refractivity contribution in [2.45, 2.75) is 38.4 Å². The second-order valence-corrected chi connectivity index (χ2v) is 5.91. The first-order valence-corrected chi connectivity index (χ1v) is 8.23. The number of carbonyl (C=O) groups excluding carboxylic acids is 1. The molecule has 0 aliphatic heterocycles. The summed E-state index contributed by atoms with van der Waals surface area (Å²) in [7, 11) is 0. The van der Waals surface area contributed by atoms with Crippen molar-refractivity contribution in [2.75, 3.05) is 5.32 Å². The summed E-state index contributed by atoms with van der Waals surface area (Å²) >= 11 is 0. The minimum absolute atomic E-state index is 0.0528. The number of anilines is 1. The molecule has 1 N–H and O–H groups in total. The lowest BCUT2D eigenvalue weighted by atomic mass is 10.2. The molecule has 1 amide bonds. The van der Waals surface area contributed by atoms with Crippen LogP contribution >= 0.6 is 0 Å². The zero-order valence-corrected chi connectivity index (χ0v) is 13.6. The van der Waals surface area contributed by atoms with Crippen LogP contribution in [0.4, 0.5) is 14.5 Å². The molecule has 0 heterocycles. The van der Waals surface area contributed by atoms with E-state index in [0.717, 1.165) is 18.6 Å². The molecule has 0 saturated heterocycles. The van der Waals surface area contributed by atoms with Gasteiger partial charge < -0.3 is 14.8 Å². The Bertz CT molecular complexity index is 713. The number of carbonyl (C=O) groups is 1. The fourth-order valence-electron chi connectivity index (χ4n) is 2.83. The second kappa shape index (κ2) is 7.96. The average Bonchev–Trinajstić information content (AvgIpc) is 3.09. The van der Waals surface area contributed by atoms with Crippen molar-refractivity contribution in [3.8, 4) is 11.5 Å². The standard InChI is InChI=1S/C19H19F2NO3/c20-19(21)25-17-7-3-4-13(12-17)18(23)22-14-8-10-16(11-9-14)24-15-5-1-2-6-15/h3-4,7-12,15,19H,1-2,5-6H2,(H,22,23). The molecule has 6 heteroatoms. The first-order chi connectivity index (χ1) is 12.1. The Labute approximate surface area is 144 Å². The summed E-state index contributed by atoms with van der Waals surface area (Å²) in [6.07, 6.45) is 4.84. The Morgan fingerprint density at radius 2 is 1.76 bits per heavy atom. The quantitative estimate of drug-likeness (QED) is 0.812. The molecule has 2 aromatic carbocycles. The van der Waals surface area contributed by atoms with E-state index in [2.05, 4.69) is 10.1 Å². The molecule has 0 atom stereocenters. The Hall–Kier alpha value is -2.63. The number of halogens is 2. The molecule has 132 valence electrons. The van der Waals surface area contributed by atoms with Crippen molar-refractivity contribution in [3.05, 3.63) is 54.1 Å². The number of ether oxygens (including phenoxy) is 2. The molecule has 0 bridgehead atoms. The highest BCUT2D eigenvalue weighted by molar-refractivity contribution is 6.04. The lowest BCUT2D eigenvalue weighted by molar-refractivity contribution is -0.0498. The predicted octanol–water partition coefficient (Wildman–Crippen LogP) is 4.86. The number of alkyl halides is 2. The van der Waals surface area contributed by atoms with Crippen LogP contribution < -0.4 is 14.8 Å². The summed E-state index contributed by atoms with van der Waals surface area (Å²) in [4.78, 5) is 12.2. The summed E-state index contributed by atoms with van der Waals surface area (Å²) in [5.41, 5.74) is 0.841. The van der Waals surface area contributed by atoms with E-state index in [9.17, 15) is 13.6 Å². The first kappa shape index (κ1) is 17.2. The molecule has 1 aliphatic rings. The van der Waals surface area contributed by atoms with Gasteiger partial charge >= 0.3 is 6.61 Å². The Kier molecular flexibility index (Phi) is 5.48. The fraction of sp³-hybridized carbons (Fsp3) is 0.316. The van der Waals surface area contributed by atoms with E-state index in [4.69, 9.17) is 4.74 Å². The highest BCUT2D eigenvalue weighted by atomic mass is 19.3. The van der Waals surface area contributed by atoms with Crippen LogP contribution in [0.25, 0.3) is 0 Å². The maximum Gasteiger partial charge on any atom is 0.387 e. The van der Waals surface area contributed by atoms with Gasteiger partial charge in [0.2, 0.25) is 0 Å². The van der Waals surface area contributed by atoms with Crippen molar-refractivity contribution < 1.29 is 23.0 Å². The van der Waals surface area contributed by atoms with Crippen LogP contribution in [0.3, 0.4) is 0 Å². The second-order valence-electron chi connectivity index (χ2n) is 5.91. The highest BCUT2D eigenvalue weighted by Gasteiger charge is 2.16. The highest BCUT2D eigenvalue weighted by Crippen LogP contribution is 2.25. The fourth-order valence-corrected chi connectivity index (χ4v) is 2.83. The Balaban J connectivity index is 1.60. The molecule has 1 fully saturated rings. The molecular weight excluding hydrogens is 328 g/mol. The van der Waals surface area contributed by atoms with Gasteiger partial charge in [-0.05, 0) is 68.1 Å². The molecule has 0 unspecified atom stereocenters. The van der Waals surface area contributed by atoms with E-state index in [1.54, 1.807) is 12.1 Å². The van der Waals surface area contributed by atoms with E-state index in [1.165, 1.54) is 37.1 Å². The summed E-state index contributed by atoms with van der Waals surface area (Å²) in [6, 6.07) is 12.8. The third-order valence-corrected chi connectivity index (χ3v) is 4.04. The molecule has 3 rings (SSSR count). The number of benzene rings is 2. The summed E-state index contributed by atoms with van der Waals surface area (Å²) in [5, 5.41) is 2.72. The van der Waals surface area contributed by atoms with E-state index in [0.29, 0.717) is 5.69 Å². The van der Waals surface area contributed by atoms with Crippen molar-refractivity contribution in [3.63, 3.8) is 0 Å². The zero-order chi connectivity index (χ0) is 17.6. The summed E-state index contributed by atoms with van der Waals surface area (Å²) < 4.78 is 34.7. The van der Waals surface area contributed by atoms with Crippen molar-refractivity contribution in [1.82, 2.24) is 0 Å². The van der Waals surface area contributed by atoms with Gasteiger partial charge in [0, 0.05) is 11.3 Å². The number of hydrogen-bond acceptors (Lipinski definition) is 3. The molecule has 4 nitrogen and oxygen atoms in total. The molecule has 0 aromatic heterocycles. The lowest BCUT2D eigenvalue weighted by Crippen LogP contribution is -2.13. The number of hydrogen-bond donors (Lipinski definition) is 1. The Morgan fingerprint density at radius 1 is 1.04 bits per heavy atom. The van der Waals surface area contributed by atoms with Gasteiger partial charge in [0.15, 0.2) is 0 Å². The minimum Gasteiger partial charge on any atom is -0.490 e. The van der Waals surface area contributed by atoms with Gasteiger partial charge in [0.25, 0.3) is 5.91 Å². The maximum absolute atomic E-state index is 12.2. The SMILES string of the molecule is O=C(Nc1ccc(OC2CCCC2)cc1)c1cccc(OC(F)F)c1.